The first kappa shape index (κ1) is 16.8. The maximum Gasteiger partial charge on any atom is 0.223 e. The van der Waals surface area contributed by atoms with Crippen molar-refractivity contribution in [2.45, 2.75) is 12.8 Å². The van der Waals surface area contributed by atoms with E-state index in [4.69, 9.17) is 11.6 Å². The van der Waals surface area contributed by atoms with Gasteiger partial charge in [-0.05, 0) is 30.2 Å². The fourth-order valence-electron chi connectivity index (χ4n) is 3.01. The Morgan fingerprint density at radius 1 is 1.00 bits per heavy atom. The molecule has 0 saturated carbocycles. The van der Waals surface area contributed by atoms with Crippen molar-refractivity contribution >= 4 is 23.2 Å². The third kappa shape index (κ3) is 3.88. The van der Waals surface area contributed by atoms with Gasteiger partial charge in [0, 0.05) is 37.6 Å². The second-order valence-electron chi connectivity index (χ2n) is 5.91. The van der Waals surface area contributed by atoms with Crippen molar-refractivity contribution in [2.24, 2.45) is 0 Å². The molecular weight excluding hydrogens is 327 g/mol. The SMILES string of the molecule is O=C(CCc1ccccc1Cl)N1CCN(c2ccccc2F)CC1. The van der Waals surface area contributed by atoms with Crippen LogP contribution in [0.4, 0.5) is 10.1 Å². The molecule has 0 aliphatic carbocycles. The molecule has 2 aromatic rings. The Labute approximate surface area is 146 Å². The van der Waals surface area contributed by atoms with Gasteiger partial charge >= 0.3 is 0 Å². The molecule has 0 unspecified atom stereocenters. The van der Waals surface area contributed by atoms with Gasteiger partial charge in [0.2, 0.25) is 5.91 Å². The van der Waals surface area contributed by atoms with Gasteiger partial charge in [0.25, 0.3) is 0 Å². The van der Waals surface area contributed by atoms with Crippen LogP contribution in [0.25, 0.3) is 0 Å². The largest absolute Gasteiger partial charge is 0.366 e. The molecular formula is C19H20ClFN2O. The van der Waals surface area contributed by atoms with E-state index in [-0.39, 0.29) is 11.7 Å². The smallest absolute Gasteiger partial charge is 0.223 e. The molecule has 3 nitrogen and oxygen atoms in total. The summed E-state index contributed by atoms with van der Waals surface area (Å²) in [4.78, 5) is 16.2. The van der Waals surface area contributed by atoms with Crippen LogP contribution in [0.1, 0.15) is 12.0 Å². The number of carbonyl (C=O) groups is 1. The third-order valence-corrected chi connectivity index (χ3v) is 4.76. The highest BCUT2D eigenvalue weighted by molar-refractivity contribution is 6.31. The minimum absolute atomic E-state index is 0.128. The maximum absolute atomic E-state index is 13.8. The Hall–Kier alpha value is -2.07. The number of hydrogen-bond acceptors (Lipinski definition) is 2. The Balaban J connectivity index is 1.52. The monoisotopic (exact) mass is 346 g/mol. The van der Waals surface area contributed by atoms with Gasteiger partial charge in [-0.1, -0.05) is 41.9 Å². The molecule has 126 valence electrons. The highest BCUT2D eigenvalue weighted by atomic mass is 35.5. The van der Waals surface area contributed by atoms with Crippen molar-refractivity contribution < 1.29 is 9.18 Å². The number of amides is 1. The Morgan fingerprint density at radius 2 is 1.67 bits per heavy atom. The third-order valence-electron chi connectivity index (χ3n) is 4.39. The van der Waals surface area contributed by atoms with Gasteiger partial charge in [-0.15, -0.1) is 0 Å². The van der Waals surface area contributed by atoms with Gasteiger partial charge in [-0.3, -0.25) is 4.79 Å². The zero-order chi connectivity index (χ0) is 16.9. The molecule has 0 atom stereocenters. The van der Waals surface area contributed by atoms with Crippen LogP contribution in [-0.4, -0.2) is 37.0 Å². The van der Waals surface area contributed by atoms with E-state index in [0.29, 0.717) is 49.7 Å². The van der Waals surface area contributed by atoms with E-state index in [1.165, 1.54) is 6.07 Å². The van der Waals surface area contributed by atoms with Gasteiger partial charge in [0.1, 0.15) is 5.82 Å². The summed E-state index contributed by atoms with van der Waals surface area (Å²) in [5, 5.41) is 0.703. The van der Waals surface area contributed by atoms with Crippen LogP contribution in [0.2, 0.25) is 5.02 Å². The number of benzene rings is 2. The summed E-state index contributed by atoms with van der Waals surface area (Å²) < 4.78 is 13.8. The first-order valence-electron chi connectivity index (χ1n) is 8.16. The molecule has 1 heterocycles. The average molecular weight is 347 g/mol. The van der Waals surface area contributed by atoms with E-state index in [9.17, 15) is 9.18 Å². The number of carbonyl (C=O) groups excluding carboxylic acids is 1. The van der Waals surface area contributed by atoms with E-state index >= 15 is 0 Å². The number of anilines is 1. The molecule has 0 radical (unpaired) electrons. The summed E-state index contributed by atoms with van der Waals surface area (Å²) in [6, 6.07) is 14.4. The fourth-order valence-corrected chi connectivity index (χ4v) is 3.24. The molecule has 0 spiro atoms. The second-order valence-corrected chi connectivity index (χ2v) is 6.32. The summed E-state index contributed by atoms with van der Waals surface area (Å²) >= 11 is 6.13. The molecule has 2 aromatic carbocycles. The molecule has 1 amide bonds. The van der Waals surface area contributed by atoms with Crippen LogP contribution in [0, 0.1) is 5.82 Å². The summed E-state index contributed by atoms with van der Waals surface area (Å²) in [5.41, 5.74) is 1.61. The number of halogens is 2. The summed E-state index contributed by atoms with van der Waals surface area (Å²) in [6.07, 6.45) is 1.09. The molecule has 1 fully saturated rings. The van der Waals surface area contributed by atoms with E-state index in [1.807, 2.05) is 40.1 Å². The summed E-state index contributed by atoms with van der Waals surface area (Å²) in [6.45, 7) is 2.54. The first-order chi connectivity index (χ1) is 11.6. The number of para-hydroxylation sites is 1. The molecule has 24 heavy (non-hydrogen) atoms. The van der Waals surface area contributed by atoms with E-state index < -0.39 is 0 Å². The van der Waals surface area contributed by atoms with Crippen LogP contribution in [0.15, 0.2) is 48.5 Å². The Kier molecular flexibility index (Phi) is 5.36. The highest BCUT2D eigenvalue weighted by Gasteiger charge is 2.22. The molecule has 1 aliphatic rings. The quantitative estimate of drug-likeness (QED) is 0.841. The number of aryl methyl sites for hydroxylation is 1. The van der Waals surface area contributed by atoms with Crippen LogP contribution in [-0.2, 0) is 11.2 Å². The lowest BCUT2D eigenvalue weighted by Gasteiger charge is -2.36. The van der Waals surface area contributed by atoms with Crippen molar-refractivity contribution in [2.75, 3.05) is 31.1 Å². The zero-order valence-corrected chi connectivity index (χ0v) is 14.2. The minimum atomic E-state index is -0.212. The normalized spacial score (nSPS) is 14.8. The summed E-state index contributed by atoms with van der Waals surface area (Å²) in [7, 11) is 0. The van der Waals surface area contributed by atoms with Crippen molar-refractivity contribution in [3.05, 3.63) is 64.9 Å². The van der Waals surface area contributed by atoms with E-state index in [1.54, 1.807) is 12.1 Å². The Morgan fingerprint density at radius 3 is 2.38 bits per heavy atom. The average Bonchev–Trinajstić information content (AvgIpc) is 2.61. The maximum atomic E-state index is 13.8. The van der Waals surface area contributed by atoms with Crippen LogP contribution >= 0.6 is 11.6 Å². The molecule has 1 saturated heterocycles. The molecule has 0 N–H and O–H groups in total. The van der Waals surface area contributed by atoms with Gasteiger partial charge < -0.3 is 9.80 Å². The standard InChI is InChI=1S/C19H20ClFN2O/c20-16-6-2-1-5-15(16)9-10-19(24)23-13-11-22(12-14-23)18-8-4-3-7-17(18)21/h1-8H,9-14H2. The summed E-state index contributed by atoms with van der Waals surface area (Å²) in [5.74, 6) is -0.0842. The van der Waals surface area contributed by atoms with Crippen LogP contribution < -0.4 is 4.90 Å². The van der Waals surface area contributed by atoms with Gasteiger partial charge in [0.15, 0.2) is 0 Å². The predicted molar refractivity (Wildman–Crippen MR) is 95.0 cm³/mol. The lowest BCUT2D eigenvalue weighted by atomic mass is 10.1. The van der Waals surface area contributed by atoms with E-state index in [2.05, 4.69) is 0 Å². The number of nitrogens with zero attached hydrogens (tertiary/aromatic N) is 2. The zero-order valence-electron chi connectivity index (χ0n) is 13.4. The Bertz CT molecular complexity index is 714. The first-order valence-corrected chi connectivity index (χ1v) is 8.53. The fraction of sp³-hybridized carbons (Fsp3) is 0.316. The van der Waals surface area contributed by atoms with Crippen molar-refractivity contribution in [3.63, 3.8) is 0 Å². The lowest BCUT2D eigenvalue weighted by molar-refractivity contribution is -0.131. The van der Waals surface area contributed by atoms with Crippen molar-refractivity contribution in [1.29, 1.82) is 0 Å². The second kappa shape index (κ2) is 7.67. The van der Waals surface area contributed by atoms with Crippen LogP contribution in [0.3, 0.4) is 0 Å². The van der Waals surface area contributed by atoms with Crippen molar-refractivity contribution in [3.8, 4) is 0 Å². The van der Waals surface area contributed by atoms with Gasteiger partial charge in [0.05, 0.1) is 5.69 Å². The molecule has 0 aromatic heterocycles. The number of hydrogen-bond donors (Lipinski definition) is 0. The van der Waals surface area contributed by atoms with Crippen molar-refractivity contribution in [1.82, 2.24) is 4.90 Å². The van der Waals surface area contributed by atoms with E-state index in [0.717, 1.165) is 5.56 Å². The molecule has 5 heteroatoms. The molecule has 3 rings (SSSR count). The topological polar surface area (TPSA) is 23.6 Å². The molecule has 1 aliphatic heterocycles. The van der Waals surface area contributed by atoms with Crippen LogP contribution in [0.5, 0.6) is 0 Å². The van der Waals surface area contributed by atoms with Gasteiger partial charge in [-0.25, -0.2) is 4.39 Å². The molecule has 0 bridgehead atoms. The minimum Gasteiger partial charge on any atom is -0.366 e. The predicted octanol–water partition coefficient (Wildman–Crippen LogP) is 3.76. The highest BCUT2D eigenvalue weighted by Crippen LogP contribution is 2.21. The number of rotatable bonds is 4. The lowest BCUT2D eigenvalue weighted by Crippen LogP contribution is -2.49. The number of piperazine rings is 1. The van der Waals surface area contributed by atoms with Gasteiger partial charge in [-0.2, -0.15) is 0 Å².